The van der Waals surface area contributed by atoms with Crippen molar-refractivity contribution in [2.24, 2.45) is 5.92 Å². The highest BCUT2D eigenvalue weighted by molar-refractivity contribution is 7.99. The number of nitriles is 1. The van der Waals surface area contributed by atoms with Crippen LogP contribution in [-0.2, 0) is 24.2 Å². The molecular weight excluding hydrogens is 490 g/mol. The summed E-state index contributed by atoms with van der Waals surface area (Å²) in [6.45, 7) is 9.28. The van der Waals surface area contributed by atoms with Crippen molar-refractivity contribution < 1.29 is 9.53 Å². The number of hydrogen-bond acceptors (Lipinski definition) is 7. The number of aryl methyl sites for hydroxylation is 1. The highest BCUT2D eigenvalue weighted by Gasteiger charge is 2.22. The second kappa shape index (κ2) is 12.2. The zero-order valence-corrected chi connectivity index (χ0v) is 22.4. The number of anilines is 1. The Kier molecular flexibility index (Phi) is 8.83. The van der Waals surface area contributed by atoms with Crippen molar-refractivity contribution in [1.82, 2.24) is 14.8 Å². The molecule has 1 amide bonds. The number of thiophene rings is 1. The minimum absolute atomic E-state index is 0.158. The number of carbonyl (C=O) groups is 1. The Labute approximate surface area is 220 Å². The van der Waals surface area contributed by atoms with Crippen LogP contribution in [0.5, 0.6) is 5.75 Å². The van der Waals surface area contributed by atoms with Crippen molar-refractivity contribution in [3.63, 3.8) is 0 Å². The fraction of sp³-hybridized carbons (Fsp3) is 0.407. The summed E-state index contributed by atoms with van der Waals surface area (Å²) in [5.41, 5.74) is 2.67. The van der Waals surface area contributed by atoms with Crippen molar-refractivity contribution in [3.8, 4) is 23.2 Å². The number of nitrogens with one attached hydrogen (secondary N) is 1. The first-order valence-electron chi connectivity index (χ1n) is 12.2. The molecule has 0 bridgehead atoms. The van der Waals surface area contributed by atoms with Gasteiger partial charge in [0.15, 0.2) is 11.0 Å². The zero-order chi connectivity index (χ0) is 25.5. The third-order valence-electron chi connectivity index (χ3n) is 5.84. The minimum Gasteiger partial charge on any atom is -0.493 e. The second-order valence-electron chi connectivity index (χ2n) is 9.15. The molecule has 0 saturated carbocycles. The molecule has 0 fully saturated rings. The quantitative estimate of drug-likeness (QED) is 0.197. The first-order valence-corrected chi connectivity index (χ1v) is 14.0. The summed E-state index contributed by atoms with van der Waals surface area (Å²) in [7, 11) is 0. The lowest BCUT2D eigenvalue weighted by atomic mass is 10.1. The molecule has 1 aliphatic rings. The molecule has 0 spiro atoms. The molecule has 7 nitrogen and oxygen atoms in total. The van der Waals surface area contributed by atoms with Gasteiger partial charge in [0.2, 0.25) is 5.91 Å². The fourth-order valence-corrected chi connectivity index (χ4v) is 6.11. The van der Waals surface area contributed by atoms with Crippen molar-refractivity contribution in [2.75, 3.05) is 17.7 Å². The lowest BCUT2D eigenvalue weighted by Gasteiger charge is -2.10. The van der Waals surface area contributed by atoms with Gasteiger partial charge in [-0.15, -0.1) is 28.1 Å². The number of benzene rings is 1. The van der Waals surface area contributed by atoms with Crippen molar-refractivity contribution in [2.45, 2.75) is 57.7 Å². The standard InChI is InChI=1S/C27H31N5O2S2/c1-4-14-32-25(19-10-12-20(13-11-19)34-16-18(2)3)30-31-27(32)35-17-24(33)29-26-22(15-28)21-8-6-5-7-9-23(21)36-26/h4,10-13,18H,1,5-9,14,16-17H2,2-3H3,(H,29,33). The number of allylic oxidation sites excluding steroid dienone is 1. The van der Waals surface area contributed by atoms with Gasteiger partial charge in [-0.2, -0.15) is 5.26 Å². The van der Waals surface area contributed by atoms with E-state index in [0.29, 0.717) is 40.6 Å². The molecular formula is C27H31N5O2S2. The van der Waals surface area contributed by atoms with Gasteiger partial charge < -0.3 is 10.1 Å². The summed E-state index contributed by atoms with van der Waals surface area (Å²) in [4.78, 5) is 14.0. The Bertz CT molecular complexity index is 1250. The van der Waals surface area contributed by atoms with Crippen molar-refractivity contribution in [1.29, 1.82) is 5.26 Å². The summed E-state index contributed by atoms with van der Waals surface area (Å²) in [6, 6.07) is 10.1. The molecule has 2 aromatic heterocycles. The number of fused-ring (bicyclic) bond motifs is 1. The van der Waals surface area contributed by atoms with Crippen LogP contribution in [0.15, 0.2) is 42.1 Å². The normalized spacial score (nSPS) is 13.1. The van der Waals surface area contributed by atoms with Gasteiger partial charge in [-0.25, -0.2) is 0 Å². The molecule has 188 valence electrons. The van der Waals surface area contributed by atoms with Crippen LogP contribution in [0.25, 0.3) is 11.4 Å². The maximum atomic E-state index is 12.8. The Hall–Kier alpha value is -3.09. The number of ether oxygens (including phenoxy) is 1. The van der Waals surface area contributed by atoms with E-state index in [-0.39, 0.29) is 11.7 Å². The average molecular weight is 522 g/mol. The lowest BCUT2D eigenvalue weighted by molar-refractivity contribution is -0.113. The van der Waals surface area contributed by atoms with E-state index in [2.05, 4.69) is 42.0 Å². The number of rotatable bonds is 10. The molecule has 1 aromatic carbocycles. The van der Waals surface area contributed by atoms with Gasteiger partial charge >= 0.3 is 0 Å². The van der Waals surface area contributed by atoms with Crippen LogP contribution in [-0.4, -0.2) is 33.0 Å². The van der Waals surface area contributed by atoms with E-state index in [1.165, 1.54) is 23.1 Å². The van der Waals surface area contributed by atoms with Crippen LogP contribution in [0.4, 0.5) is 5.00 Å². The molecule has 4 rings (SSSR count). The molecule has 0 atom stereocenters. The van der Waals surface area contributed by atoms with Crippen molar-refractivity contribution in [3.05, 3.63) is 52.9 Å². The number of amides is 1. The maximum Gasteiger partial charge on any atom is 0.235 e. The Morgan fingerprint density at radius 1 is 1.28 bits per heavy atom. The van der Waals surface area contributed by atoms with Gasteiger partial charge in [0, 0.05) is 17.0 Å². The van der Waals surface area contributed by atoms with Gasteiger partial charge in [0.05, 0.1) is 17.9 Å². The second-order valence-corrected chi connectivity index (χ2v) is 11.2. The molecule has 0 saturated heterocycles. The summed E-state index contributed by atoms with van der Waals surface area (Å²) in [5, 5.41) is 22.7. The van der Waals surface area contributed by atoms with E-state index in [1.807, 2.05) is 28.8 Å². The van der Waals surface area contributed by atoms with E-state index < -0.39 is 0 Å². The van der Waals surface area contributed by atoms with Gasteiger partial charge in [-0.3, -0.25) is 9.36 Å². The molecule has 0 unspecified atom stereocenters. The largest absolute Gasteiger partial charge is 0.493 e. The van der Waals surface area contributed by atoms with Gasteiger partial charge in [-0.1, -0.05) is 38.1 Å². The number of aromatic nitrogens is 3. The average Bonchev–Trinajstić information content (AvgIpc) is 3.33. The monoisotopic (exact) mass is 521 g/mol. The fourth-order valence-electron chi connectivity index (χ4n) is 4.11. The Morgan fingerprint density at radius 3 is 2.78 bits per heavy atom. The molecule has 0 radical (unpaired) electrons. The molecule has 2 heterocycles. The van der Waals surface area contributed by atoms with Crippen LogP contribution < -0.4 is 10.1 Å². The minimum atomic E-state index is -0.158. The maximum absolute atomic E-state index is 12.8. The van der Waals surface area contributed by atoms with E-state index >= 15 is 0 Å². The predicted octanol–water partition coefficient (Wildman–Crippen LogP) is 6.10. The molecule has 36 heavy (non-hydrogen) atoms. The Morgan fingerprint density at radius 2 is 2.06 bits per heavy atom. The van der Waals surface area contributed by atoms with Crippen LogP contribution in [0.1, 0.15) is 49.1 Å². The summed E-state index contributed by atoms with van der Waals surface area (Å²) >= 11 is 2.87. The highest BCUT2D eigenvalue weighted by Crippen LogP contribution is 2.37. The SMILES string of the molecule is C=CCn1c(SCC(=O)Nc2sc3c(c2C#N)CCCCC3)nnc1-c1ccc(OCC(C)C)cc1. The van der Waals surface area contributed by atoms with Crippen molar-refractivity contribution >= 4 is 34.0 Å². The van der Waals surface area contributed by atoms with Crippen LogP contribution in [0.2, 0.25) is 0 Å². The predicted molar refractivity (Wildman–Crippen MR) is 146 cm³/mol. The highest BCUT2D eigenvalue weighted by atomic mass is 32.2. The van der Waals surface area contributed by atoms with E-state index in [4.69, 9.17) is 4.74 Å². The van der Waals surface area contributed by atoms with Crippen LogP contribution >= 0.6 is 23.1 Å². The van der Waals surface area contributed by atoms with E-state index in [1.54, 1.807) is 17.4 Å². The molecule has 9 heteroatoms. The first kappa shape index (κ1) is 26.0. The molecule has 3 aromatic rings. The van der Waals surface area contributed by atoms with Gasteiger partial charge in [-0.05, 0) is 61.4 Å². The first-order chi connectivity index (χ1) is 17.5. The summed E-state index contributed by atoms with van der Waals surface area (Å²) < 4.78 is 7.72. The Balaban J connectivity index is 1.44. The number of carbonyl (C=O) groups excluding carboxylic acids is 1. The summed E-state index contributed by atoms with van der Waals surface area (Å²) in [5.74, 6) is 2.00. The third-order valence-corrected chi connectivity index (χ3v) is 8.02. The smallest absolute Gasteiger partial charge is 0.235 e. The molecule has 0 aliphatic heterocycles. The van der Waals surface area contributed by atoms with Crippen LogP contribution in [0, 0.1) is 17.2 Å². The number of thioether (sulfide) groups is 1. The topological polar surface area (TPSA) is 92.8 Å². The third kappa shape index (κ3) is 6.18. The zero-order valence-electron chi connectivity index (χ0n) is 20.7. The van der Waals surface area contributed by atoms with E-state index in [9.17, 15) is 10.1 Å². The lowest BCUT2D eigenvalue weighted by Crippen LogP contribution is -2.14. The van der Waals surface area contributed by atoms with E-state index in [0.717, 1.165) is 42.6 Å². The number of hydrogen-bond donors (Lipinski definition) is 1. The van der Waals surface area contributed by atoms with Crippen LogP contribution in [0.3, 0.4) is 0 Å². The summed E-state index contributed by atoms with van der Waals surface area (Å²) in [6.07, 6.45) is 7.10. The molecule has 1 N–H and O–H groups in total. The van der Waals surface area contributed by atoms with Gasteiger partial charge in [0.25, 0.3) is 0 Å². The number of nitrogens with zero attached hydrogens (tertiary/aromatic N) is 4. The molecule has 1 aliphatic carbocycles. The van der Waals surface area contributed by atoms with Gasteiger partial charge in [0.1, 0.15) is 16.8 Å².